The van der Waals surface area contributed by atoms with Gasteiger partial charge in [-0.3, -0.25) is 4.40 Å². The Labute approximate surface area is 182 Å². The molecule has 3 rings (SSSR count). The topological polar surface area (TPSA) is 75.8 Å². The van der Waals surface area contributed by atoms with Crippen LogP contribution in [0.3, 0.4) is 0 Å². The van der Waals surface area contributed by atoms with Crippen molar-refractivity contribution in [3.8, 4) is 5.75 Å². The number of para-hydroxylation sites is 1. The Kier molecular flexibility index (Phi) is 8.99. The van der Waals surface area contributed by atoms with Gasteiger partial charge in [0.25, 0.3) is 0 Å². The van der Waals surface area contributed by atoms with E-state index in [4.69, 9.17) is 4.74 Å². The zero-order valence-corrected chi connectivity index (χ0v) is 18.6. The number of aromatic nitrogens is 3. The van der Waals surface area contributed by atoms with Crippen molar-refractivity contribution in [3.05, 3.63) is 60.0 Å². The van der Waals surface area contributed by atoms with Crippen molar-refractivity contribution in [2.24, 2.45) is 4.99 Å². The maximum atomic E-state index is 5.67. The van der Waals surface area contributed by atoms with Crippen molar-refractivity contribution in [3.63, 3.8) is 0 Å². The Morgan fingerprint density at radius 2 is 1.89 bits per heavy atom. The van der Waals surface area contributed by atoms with Crippen LogP contribution in [0.2, 0.25) is 0 Å². The van der Waals surface area contributed by atoms with E-state index in [0.29, 0.717) is 19.7 Å². The highest BCUT2D eigenvalue weighted by atomic mass is 127. The van der Waals surface area contributed by atoms with Crippen LogP contribution < -0.4 is 15.4 Å². The lowest BCUT2D eigenvalue weighted by Crippen LogP contribution is -2.38. The normalized spacial score (nSPS) is 11.1. The van der Waals surface area contributed by atoms with Crippen LogP contribution in [0.4, 0.5) is 0 Å². The molecule has 150 valence electrons. The molecule has 8 heteroatoms. The lowest BCUT2D eigenvalue weighted by atomic mass is 10.2. The highest BCUT2D eigenvalue weighted by Gasteiger charge is 2.06. The SMILES string of the molecule is CCNC(=NCc1ccccc1OCC)NCCc1nnc2ccccn12.I. The second-order valence-corrected chi connectivity index (χ2v) is 5.96. The van der Waals surface area contributed by atoms with E-state index in [-0.39, 0.29) is 24.0 Å². The van der Waals surface area contributed by atoms with E-state index < -0.39 is 0 Å². The predicted octanol–water partition coefficient (Wildman–Crippen LogP) is 3.04. The first kappa shape index (κ1) is 21.9. The van der Waals surface area contributed by atoms with Crippen LogP contribution in [0, 0.1) is 0 Å². The highest BCUT2D eigenvalue weighted by Crippen LogP contribution is 2.18. The summed E-state index contributed by atoms with van der Waals surface area (Å²) in [4.78, 5) is 4.68. The molecule has 1 aromatic carbocycles. The standard InChI is InChI=1S/C20H26N6O.HI/c1-3-21-20(23-15-16-9-5-6-10-17(16)27-4-2)22-13-12-19-25-24-18-11-7-8-14-26(18)19;/h5-11,14H,3-4,12-13,15H2,1-2H3,(H2,21,22,23);1H. The van der Waals surface area contributed by atoms with Crippen molar-refractivity contribution >= 4 is 35.6 Å². The van der Waals surface area contributed by atoms with Gasteiger partial charge >= 0.3 is 0 Å². The molecule has 0 radical (unpaired) electrons. The summed E-state index contributed by atoms with van der Waals surface area (Å²) in [6, 6.07) is 13.9. The van der Waals surface area contributed by atoms with Crippen LogP contribution in [-0.4, -0.2) is 40.3 Å². The summed E-state index contributed by atoms with van der Waals surface area (Å²) in [6.07, 6.45) is 2.74. The molecule has 0 aliphatic carbocycles. The Bertz CT molecular complexity index is 895. The van der Waals surface area contributed by atoms with E-state index in [0.717, 1.165) is 41.7 Å². The van der Waals surface area contributed by atoms with Crippen molar-refractivity contribution in [2.45, 2.75) is 26.8 Å². The molecular formula is C20H27IN6O. The Morgan fingerprint density at radius 3 is 2.71 bits per heavy atom. The molecule has 7 nitrogen and oxygen atoms in total. The van der Waals surface area contributed by atoms with E-state index in [1.165, 1.54) is 0 Å². The Balaban J connectivity index is 0.00000280. The number of hydrogen-bond acceptors (Lipinski definition) is 4. The van der Waals surface area contributed by atoms with Crippen molar-refractivity contribution < 1.29 is 4.74 Å². The van der Waals surface area contributed by atoms with Crippen LogP contribution in [0.15, 0.2) is 53.7 Å². The number of pyridine rings is 1. The number of guanidine groups is 1. The molecule has 0 aliphatic rings. The summed E-state index contributed by atoms with van der Waals surface area (Å²) in [5, 5.41) is 15.1. The van der Waals surface area contributed by atoms with Gasteiger partial charge in [-0.15, -0.1) is 34.2 Å². The molecule has 0 aliphatic heterocycles. The molecule has 0 unspecified atom stereocenters. The Morgan fingerprint density at radius 1 is 1.07 bits per heavy atom. The highest BCUT2D eigenvalue weighted by molar-refractivity contribution is 14.0. The predicted molar refractivity (Wildman–Crippen MR) is 123 cm³/mol. The average Bonchev–Trinajstić information content (AvgIpc) is 3.10. The fraction of sp³-hybridized carbons (Fsp3) is 0.350. The van der Waals surface area contributed by atoms with Crippen molar-refractivity contribution in [1.82, 2.24) is 25.2 Å². The van der Waals surface area contributed by atoms with Gasteiger partial charge in [0.2, 0.25) is 0 Å². The van der Waals surface area contributed by atoms with Crippen molar-refractivity contribution in [1.29, 1.82) is 0 Å². The van der Waals surface area contributed by atoms with Crippen LogP contribution in [0.25, 0.3) is 5.65 Å². The molecule has 2 N–H and O–H groups in total. The number of rotatable bonds is 8. The first-order valence-electron chi connectivity index (χ1n) is 9.33. The monoisotopic (exact) mass is 494 g/mol. The lowest BCUT2D eigenvalue weighted by molar-refractivity contribution is 0.336. The summed E-state index contributed by atoms with van der Waals surface area (Å²) >= 11 is 0. The second kappa shape index (κ2) is 11.5. The smallest absolute Gasteiger partial charge is 0.191 e. The Hall–Kier alpha value is -2.36. The summed E-state index contributed by atoms with van der Waals surface area (Å²) in [5.74, 6) is 2.59. The minimum atomic E-state index is 0. The molecule has 3 aromatic rings. The largest absolute Gasteiger partial charge is 0.494 e. The third kappa shape index (κ3) is 5.82. The molecule has 0 fully saturated rings. The van der Waals surface area contributed by atoms with Gasteiger partial charge in [-0.25, -0.2) is 4.99 Å². The number of aliphatic imine (C=N–C) groups is 1. The maximum Gasteiger partial charge on any atom is 0.191 e. The van der Waals surface area contributed by atoms with Gasteiger partial charge in [0.1, 0.15) is 11.6 Å². The fourth-order valence-corrected chi connectivity index (χ4v) is 2.79. The van der Waals surface area contributed by atoms with Gasteiger partial charge in [-0.1, -0.05) is 24.3 Å². The molecule has 0 bridgehead atoms. The molecule has 0 atom stereocenters. The van der Waals surface area contributed by atoms with E-state index >= 15 is 0 Å². The fourth-order valence-electron chi connectivity index (χ4n) is 2.79. The van der Waals surface area contributed by atoms with Gasteiger partial charge < -0.3 is 15.4 Å². The summed E-state index contributed by atoms with van der Waals surface area (Å²) in [6.45, 7) is 6.75. The number of nitrogens with one attached hydrogen (secondary N) is 2. The number of nitrogens with zero attached hydrogens (tertiary/aromatic N) is 4. The number of halogens is 1. The molecule has 2 heterocycles. The van der Waals surface area contributed by atoms with Crippen LogP contribution in [-0.2, 0) is 13.0 Å². The summed E-state index contributed by atoms with van der Waals surface area (Å²) in [5.41, 5.74) is 1.93. The quantitative estimate of drug-likeness (QED) is 0.286. The van der Waals surface area contributed by atoms with Gasteiger partial charge in [-0.05, 0) is 32.0 Å². The van der Waals surface area contributed by atoms with Crippen LogP contribution >= 0.6 is 24.0 Å². The van der Waals surface area contributed by atoms with Gasteiger partial charge in [0.05, 0.1) is 13.2 Å². The van der Waals surface area contributed by atoms with E-state index in [9.17, 15) is 0 Å². The van der Waals surface area contributed by atoms with E-state index in [1.54, 1.807) is 0 Å². The summed E-state index contributed by atoms with van der Waals surface area (Å²) < 4.78 is 7.68. The molecule has 2 aromatic heterocycles. The minimum Gasteiger partial charge on any atom is -0.494 e. The number of fused-ring (bicyclic) bond motifs is 1. The van der Waals surface area contributed by atoms with E-state index in [1.807, 2.05) is 60.0 Å². The van der Waals surface area contributed by atoms with Crippen LogP contribution in [0.1, 0.15) is 25.2 Å². The summed E-state index contributed by atoms with van der Waals surface area (Å²) in [7, 11) is 0. The molecule has 28 heavy (non-hydrogen) atoms. The molecule has 0 spiro atoms. The molecule has 0 amide bonds. The van der Waals surface area contributed by atoms with Crippen molar-refractivity contribution in [2.75, 3.05) is 19.7 Å². The maximum absolute atomic E-state index is 5.67. The zero-order chi connectivity index (χ0) is 18.9. The third-order valence-electron chi connectivity index (χ3n) is 4.05. The molecular weight excluding hydrogens is 467 g/mol. The van der Waals surface area contributed by atoms with Gasteiger partial charge in [0, 0.05) is 31.3 Å². The minimum absolute atomic E-state index is 0. The first-order chi connectivity index (χ1) is 13.3. The zero-order valence-electron chi connectivity index (χ0n) is 16.3. The lowest BCUT2D eigenvalue weighted by Gasteiger charge is -2.12. The number of benzene rings is 1. The number of hydrogen-bond donors (Lipinski definition) is 2. The molecule has 0 saturated carbocycles. The van der Waals surface area contributed by atoms with E-state index in [2.05, 4.69) is 32.7 Å². The average molecular weight is 494 g/mol. The number of ether oxygens (including phenoxy) is 1. The first-order valence-corrected chi connectivity index (χ1v) is 9.33. The van der Waals surface area contributed by atoms with Gasteiger partial charge in [-0.2, -0.15) is 0 Å². The van der Waals surface area contributed by atoms with Crippen LogP contribution in [0.5, 0.6) is 5.75 Å². The third-order valence-corrected chi connectivity index (χ3v) is 4.05. The van der Waals surface area contributed by atoms with Gasteiger partial charge in [0.15, 0.2) is 11.6 Å². The molecule has 0 saturated heterocycles. The second-order valence-electron chi connectivity index (χ2n) is 5.96.